The van der Waals surface area contributed by atoms with Gasteiger partial charge in [-0.2, -0.15) is 18.3 Å². The lowest BCUT2D eigenvalue weighted by molar-refractivity contribution is -0.386. The van der Waals surface area contributed by atoms with Crippen LogP contribution in [-0.2, 0) is 18.0 Å². The Kier molecular flexibility index (Phi) is 5.83. The van der Waals surface area contributed by atoms with Gasteiger partial charge in [0, 0.05) is 24.7 Å². The van der Waals surface area contributed by atoms with Crippen LogP contribution in [0.2, 0.25) is 5.02 Å². The first kappa shape index (κ1) is 21.4. The molecule has 2 rings (SSSR count). The van der Waals surface area contributed by atoms with Crippen molar-refractivity contribution in [2.75, 3.05) is 0 Å². The number of rotatable bonds is 6. The van der Waals surface area contributed by atoms with Crippen LogP contribution in [0.15, 0.2) is 12.1 Å². The van der Waals surface area contributed by atoms with Crippen molar-refractivity contribution in [2.24, 2.45) is 7.05 Å². The molecule has 0 saturated heterocycles. The molecule has 1 aromatic carbocycles. The molecule has 0 unspecified atom stereocenters. The second kappa shape index (κ2) is 7.62. The zero-order chi connectivity index (χ0) is 21.4. The van der Waals surface area contributed by atoms with E-state index in [2.05, 4.69) is 5.10 Å². The van der Waals surface area contributed by atoms with E-state index in [1.54, 1.807) is 0 Å². The fourth-order valence-electron chi connectivity index (χ4n) is 2.40. The summed E-state index contributed by atoms with van der Waals surface area (Å²) in [6, 6.07) is 1.10. The van der Waals surface area contributed by atoms with Gasteiger partial charge < -0.3 is 9.84 Å². The Hall–Kier alpha value is -2.89. The van der Waals surface area contributed by atoms with Crippen LogP contribution in [0.3, 0.4) is 0 Å². The van der Waals surface area contributed by atoms with Crippen LogP contribution < -0.4 is 4.74 Å². The van der Waals surface area contributed by atoms with E-state index in [1.165, 1.54) is 6.92 Å². The second-order valence-corrected chi connectivity index (χ2v) is 5.92. The summed E-state index contributed by atoms with van der Waals surface area (Å²) in [4.78, 5) is 21.3. The summed E-state index contributed by atoms with van der Waals surface area (Å²) in [5.41, 5.74) is -3.54. The van der Waals surface area contributed by atoms with Crippen molar-refractivity contribution in [3.63, 3.8) is 0 Å². The molecule has 1 N–H and O–H groups in total. The topological polar surface area (TPSA) is 107 Å². The highest BCUT2D eigenvalue weighted by Gasteiger charge is 2.39. The van der Waals surface area contributed by atoms with Gasteiger partial charge in [0.15, 0.2) is 11.8 Å². The highest BCUT2D eigenvalue weighted by atomic mass is 35.5. The Morgan fingerprint density at radius 3 is 2.50 bits per heavy atom. The molecule has 0 amide bonds. The maximum Gasteiger partial charge on any atom is 0.434 e. The number of hydrogen-bond donors (Lipinski definition) is 1. The van der Waals surface area contributed by atoms with Gasteiger partial charge in [-0.05, 0) is 6.42 Å². The minimum Gasteiger partial charge on any atom is -0.479 e. The Morgan fingerprint density at radius 2 is 2.07 bits per heavy atom. The van der Waals surface area contributed by atoms with E-state index < -0.39 is 62.4 Å². The first-order valence-electron chi connectivity index (χ1n) is 7.55. The minimum atomic E-state index is -4.89. The fraction of sp³-hybridized carbons (Fsp3) is 0.333. The third kappa shape index (κ3) is 4.01. The van der Waals surface area contributed by atoms with Gasteiger partial charge in [-0.3, -0.25) is 14.8 Å². The Morgan fingerprint density at radius 1 is 1.46 bits per heavy atom. The predicted molar refractivity (Wildman–Crippen MR) is 87.6 cm³/mol. The number of halogens is 5. The van der Waals surface area contributed by atoms with Gasteiger partial charge in [-0.25, -0.2) is 9.18 Å². The summed E-state index contributed by atoms with van der Waals surface area (Å²) >= 11 is 5.69. The number of aromatic nitrogens is 2. The van der Waals surface area contributed by atoms with Crippen LogP contribution in [0.25, 0.3) is 11.3 Å². The molecule has 152 valence electrons. The molecule has 28 heavy (non-hydrogen) atoms. The van der Waals surface area contributed by atoms with Crippen LogP contribution >= 0.6 is 11.6 Å². The number of ether oxygens (including phenoxy) is 1. The zero-order valence-corrected chi connectivity index (χ0v) is 15.0. The normalized spacial score (nSPS) is 12.7. The number of hydrogen-bond acceptors (Lipinski definition) is 5. The number of aryl methyl sites for hydroxylation is 1. The molecular formula is C15H12ClF4N3O5. The molecular weight excluding hydrogens is 414 g/mol. The lowest BCUT2D eigenvalue weighted by atomic mass is 10.1. The van der Waals surface area contributed by atoms with Crippen LogP contribution in [0.4, 0.5) is 23.2 Å². The summed E-state index contributed by atoms with van der Waals surface area (Å²) in [6.07, 6.45) is -6.45. The maximum absolute atomic E-state index is 14.5. The minimum absolute atomic E-state index is 0.0725. The SMILES string of the molecule is CC[C@@H](Oc1cc(F)c(-c2nn(C)c(C(F)(F)F)c2Cl)cc1[N+](=O)[O-])C(=O)O. The summed E-state index contributed by atoms with van der Waals surface area (Å²) in [7, 11) is 0.931. The average Bonchev–Trinajstić information content (AvgIpc) is 2.86. The molecule has 0 saturated carbocycles. The fourth-order valence-corrected chi connectivity index (χ4v) is 2.77. The zero-order valence-electron chi connectivity index (χ0n) is 14.3. The molecule has 0 aliphatic carbocycles. The van der Waals surface area contributed by atoms with Crippen molar-refractivity contribution >= 4 is 23.3 Å². The first-order chi connectivity index (χ1) is 12.9. The monoisotopic (exact) mass is 425 g/mol. The van der Waals surface area contributed by atoms with E-state index in [9.17, 15) is 32.5 Å². The van der Waals surface area contributed by atoms with Crippen molar-refractivity contribution in [1.82, 2.24) is 9.78 Å². The van der Waals surface area contributed by atoms with E-state index in [0.29, 0.717) is 16.8 Å². The number of nitro benzene ring substituents is 1. The summed E-state index contributed by atoms with van der Waals surface area (Å²) < 4.78 is 59.0. The number of aliphatic carboxylic acids is 1. The van der Waals surface area contributed by atoms with E-state index >= 15 is 0 Å². The highest BCUT2D eigenvalue weighted by molar-refractivity contribution is 6.33. The molecule has 0 fully saturated rings. The number of nitro groups is 1. The van der Waals surface area contributed by atoms with E-state index in [1.807, 2.05) is 0 Å². The van der Waals surface area contributed by atoms with Crippen molar-refractivity contribution < 1.29 is 37.1 Å². The lowest BCUT2D eigenvalue weighted by Gasteiger charge is -2.14. The number of carboxylic acid groups (broad SMARTS) is 1. The molecule has 0 aliphatic heterocycles. The molecule has 0 aliphatic rings. The Balaban J connectivity index is 2.65. The van der Waals surface area contributed by atoms with Crippen LogP contribution in [0.1, 0.15) is 19.0 Å². The standard InChI is InChI=1S/C15H12ClF4N3O5/c1-3-9(14(24)25)28-10-5-7(17)6(4-8(10)23(26)27)12-11(16)13(15(18,19)20)22(2)21-12/h4-5,9H,3H2,1-2H3,(H,24,25)/t9-/m1/s1. The second-order valence-electron chi connectivity index (χ2n) is 5.54. The summed E-state index contributed by atoms with van der Waals surface area (Å²) in [5.74, 6) is -3.35. The van der Waals surface area contributed by atoms with Gasteiger partial charge in [-0.15, -0.1) is 0 Å². The predicted octanol–water partition coefficient (Wildman–Crippen LogP) is 4.05. The summed E-state index contributed by atoms with van der Waals surface area (Å²) in [5, 5.41) is 22.9. The van der Waals surface area contributed by atoms with E-state index in [-0.39, 0.29) is 6.42 Å². The Labute approximate surface area is 159 Å². The number of alkyl halides is 3. The van der Waals surface area contributed by atoms with Crippen LogP contribution in [-0.4, -0.2) is 31.9 Å². The van der Waals surface area contributed by atoms with Crippen molar-refractivity contribution in [1.29, 1.82) is 0 Å². The number of benzene rings is 1. The van der Waals surface area contributed by atoms with Gasteiger partial charge >= 0.3 is 17.8 Å². The van der Waals surface area contributed by atoms with Gasteiger partial charge in [0.2, 0.25) is 5.75 Å². The lowest BCUT2D eigenvalue weighted by Crippen LogP contribution is -2.26. The molecule has 8 nitrogen and oxygen atoms in total. The number of nitrogens with zero attached hydrogens (tertiary/aromatic N) is 3. The Bertz CT molecular complexity index is 945. The summed E-state index contributed by atoms with van der Waals surface area (Å²) in [6.45, 7) is 1.43. The van der Waals surface area contributed by atoms with Crippen molar-refractivity contribution in [2.45, 2.75) is 25.6 Å². The number of carboxylic acids is 1. The quantitative estimate of drug-likeness (QED) is 0.425. The van der Waals surface area contributed by atoms with E-state index in [0.717, 1.165) is 7.05 Å². The molecule has 1 atom stereocenters. The van der Waals surface area contributed by atoms with Gasteiger partial charge in [0.25, 0.3) is 0 Å². The molecule has 13 heteroatoms. The van der Waals surface area contributed by atoms with Crippen molar-refractivity contribution in [3.05, 3.63) is 38.8 Å². The maximum atomic E-state index is 14.5. The van der Waals surface area contributed by atoms with Crippen LogP contribution in [0, 0.1) is 15.9 Å². The van der Waals surface area contributed by atoms with Crippen molar-refractivity contribution in [3.8, 4) is 17.0 Å². The smallest absolute Gasteiger partial charge is 0.434 e. The molecule has 0 radical (unpaired) electrons. The largest absolute Gasteiger partial charge is 0.479 e. The highest BCUT2D eigenvalue weighted by Crippen LogP contribution is 2.42. The molecule has 1 heterocycles. The number of carbonyl (C=O) groups is 1. The third-order valence-corrected chi connectivity index (χ3v) is 4.03. The van der Waals surface area contributed by atoms with Crippen LogP contribution in [0.5, 0.6) is 5.75 Å². The van der Waals surface area contributed by atoms with E-state index in [4.69, 9.17) is 21.4 Å². The molecule has 1 aromatic heterocycles. The first-order valence-corrected chi connectivity index (χ1v) is 7.93. The average molecular weight is 426 g/mol. The molecule has 0 bridgehead atoms. The molecule has 0 spiro atoms. The van der Waals surface area contributed by atoms with Gasteiger partial charge in [0.1, 0.15) is 11.5 Å². The van der Waals surface area contributed by atoms with Gasteiger partial charge in [-0.1, -0.05) is 18.5 Å². The third-order valence-electron chi connectivity index (χ3n) is 3.67. The van der Waals surface area contributed by atoms with Gasteiger partial charge in [0.05, 0.1) is 9.95 Å². The molecule has 2 aromatic rings.